The monoisotopic (exact) mass is 413 g/mol. The SMILES string of the molecule is CCn1c2ccccc2c2cc(NC(=O)c3cn(C)c4ccc(F)cc4c3=O)ccc21. The summed E-state index contributed by atoms with van der Waals surface area (Å²) in [6, 6.07) is 17.9. The van der Waals surface area contributed by atoms with Crippen molar-refractivity contribution in [3.05, 3.63) is 88.5 Å². The van der Waals surface area contributed by atoms with Gasteiger partial charge >= 0.3 is 0 Å². The Morgan fingerprint density at radius 2 is 1.68 bits per heavy atom. The van der Waals surface area contributed by atoms with E-state index in [-0.39, 0.29) is 10.9 Å². The number of rotatable bonds is 3. The maximum Gasteiger partial charge on any atom is 0.261 e. The first-order valence-electron chi connectivity index (χ1n) is 10.1. The number of amides is 1. The van der Waals surface area contributed by atoms with Crippen LogP contribution in [0.15, 0.2) is 71.7 Å². The van der Waals surface area contributed by atoms with Crippen molar-refractivity contribution in [2.24, 2.45) is 7.05 Å². The number of anilines is 1. The van der Waals surface area contributed by atoms with Gasteiger partial charge in [-0.05, 0) is 49.4 Å². The van der Waals surface area contributed by atoms with E-state index in [0.717, 1.165) is 28.4 Å². The van der Waals surface area contributed by atoms with Gasteiger partial charge < -0.3 is 14.5 Å². The summed E-state index contributed by atoms with van der Waals surface area (Å²) in [6.45, 7) is 2.93. The fourth-order valence-corrected chi connectivity index (χ4v) is 4.30. The van der Waals surface area contributed by atoms with Gasteiger partial charge in [-0.2, -0.15) is 0 Å². The van der Waals surface area contributed by atoms with Crippen LogP contribution in [0.4, 0.5) is 10.1 Å². The van der Waals surface area contributed by atoms with Crippen LogP contribution in [0.5, 0.6) is 0 Å². The highest BCUT2D eigenvalue weighted by Crippen LogP contribution is 2.31. The fourth-order valence-electron chi connectivity index (χ4n) is 4.30. The number of hydrogen-bond acceptors (Lipinski definition) is 2. The number of para-hydroxylation sites is 1. The Balaban J connectivity index is 1.59. The molecule has 0 atom stereocenters. The Hall–Kier alpha value is -3.93. The normalized spacial score (nSPS) is 11.5. The molecule has 2 aromatic heterocycles. The number of fused-ring (bicyclic) bond motifs is 4. The lowest BCUT2D eigenvalue weighted by atomic mass is 10.1. The number of hydrogen-bond donors (Lipinski definition) is 1. The molecule has 2 heterocycles. The van der Waals surface area contributed by atoms with Crippen LogP contribution >= 0.6 is 0 Å². The molecule has 5 aromatic rings. The average molecular weight is 413 g/mol. The van der Waals surface area contributed by atoms with E-state index < -0.39 is 17.2 Å². The van der Waals surface area contributed by atoms with Crippen LogP contribution in [0.3, 0.4) is 0 Å². The molecule has 5 rings (SSSR count). The molecule has 0 saturated carbocycles. The van der Waals surface area contributed by atoms with Crippen LogP contribution in [0.2, 0.25) is 0 Å². The van der Waals surface area contributed by atoms with E-state index in [1.54, 1.807) is 11.6 Å². The molecule has 1 amide bonds. The summed E-state index contributed by atoms with van der Waals surface area (Å²) in [4.78, 5) is 25.8. The molecule has 5 nitrogen and oxygen atoms in total. The number of pyridine rings is 1. The molecule has 0 aliphatic rings. The van der Waals surface area contributed by atoms with Crippen molar-refractivity contribution in [3.8, 4) is 0 Å². The van der Waals surface area contributed by atoms with E-state index in [1.807, 2.05) is 30.3 Å². The number of aryl methyl sites for hydroxylation is 2. The minimum Gasteiger partial charge on any atom is -0.350 e. The molecule has 3 aromatic carbocycles. The summed E-state index contributed by atoms with van der Waals surface area (Å²) in [5.74, 6) is -1.04. The van der Waals surface area contributed by atoms with Crippen LogP contribution in [0.1, 0.15) is 17.3 Å². The topological polar surface area (TPSA) is 56.0 Å². The highest BCUT2D eigenvalue weighted by Gasteiger charge is 2.16. The third kappa shape index (κ3) is 2.99. The lowest BCUT2D eigenvalue weighted by Crippen LogP contribution is -2.23. The van der Waals surface area contributed by atoms with E-state index in [4.69, 9.17) is 0 Å². The summed E-state index contributed by atoms with van der Waals surface area (Å²) in [5.41, 5.74) is 2.85. The van der Waals surface area contributed by atoms with Crippen molar-refractivity contribution in [1.29, 1.82) is 0 Å². The Morgan fingerprint density at radius 1 is 0.935 bits per heavy atom. The predicted molar refractivity (Wildman–Crippen MR) is 122 cm³/mol. The number of carbonyl (C=O) groups is 1. The summed E-state index contributed by atoms with van der Waals surface area (Å²) < 4.78 is 17.6. The van der Waals surface area contributed by atoms with Crippen LogP contribution in [-0.2, 0) is 13.6 Å². The van der Waals surface area contributed by atoms with Crippen molar-refractivity contribution in [2.75, 3.05) is 5.32 Å². The van der Waals surface area contributed by atoms with Crippen molar-refractivity contribution in [3.63, 3.8) is 0 Å². The molecule has 0 unspecified atom stereocenters. The molecule has 0 aliphatic carbocycles. The van der Waals surface area contributed by atoms with Gasteiger partial charge in [-0.1, -0.05) is 18.2 Å². The van der Waals surface area contributed by atoms with E-state index in [1.165, 1.54) is 24.4 Å². The van der Waals surface area contributed by atoms with Gasteiger partial charge in [0.1, 0.15) is 11.4 Å². The Morgan fingerprint density at radius 3 is 2.48 bits per heavy atom. The van der Waals surface area contributed by atoms with Gasteiger partial charge in [0.15, 0.2) is 0 Å². The largest absolute Gasteiger partial charge is 0.350 e. The number of nitrogens with one attached hydrogen (secondary N) is 1. The highest BCUT2D eigenvalue weighted by atomic mass is 19.1. The Kier molecular flexibility index (Phi) is 4.36. The van der Waals surface area contributed by atoms with Crippen LogP contribution in [0.25, 0.3) is 32.7 Å². The van der Waals surface area contributed by atoms with Crippen molar-refractivity contribution >= 4 is 44.3 Å². The molecule has 0 radical (unpaired) electrons. The molecule has 31 heavy (non-hydrogen) atoms. The number of halogens is 1. The van der Waals surface area contributed by atoms with Gasteiger partial charge in [-0.25, -0.2) is 4.39 Å². The van der Waals surface area contributed by atoms with Gasteiger partial charge in [-0.15, -0.1) is 0 Å². The first-order chi connectivity index (χ1) is 15.0. The first-order valence-corrected chi connectivity index (χ1v) is 10.1. The maximum atomic E-state index is 13.7. The predicted octanol–water partition coefficient (Wildman–Crippen LogP) is 5.06. The molecular formula is C25H20FN3O2. The van der Waals surface area contributed by atoms with Gasteiger partial charge in [0.2, 0.25) is 5.43 Å². The number of carbonyl (C=O) groups excluding carboxylic acids is 1. The third-order valence-corrected chi connectivity index (χ3v) is 5.74. The smallest absolute Gasteiger partial charge is 0.261 e. The summed E-state index contributed by atoms with van der Waals surface area (Å²) in [5, 5.41) is 5.15. The van der Waals surface area contributed by atoms with Gasteiger partial charge in [-0.3, -0.25) is 9.59 Å². The number of benzene rings is 3. The first kappa shape index (κ1) is 19.1. The third-order valence-electron chi connectivity index (χ3n) is 5.74. The molecule has 0 spiro atoms. The molecular weight excluding hydrogens is 393 g/mol. The van der Waals surface area contributed by atoms with E-state index in [0.29, 0.717) is 11.2 Å². The molecule has 154 valence electrons. The molecule has 0 aliphatic heterocycles. The second kappa shape index (κ2) is 7.09. The van der Waals surface area contributed by atoms with E-state index in [9.17, 15) is 14.0 Å². The average Bonchev–Trinajstić information content (AvgIpc) is 3.09. The van der Waals surface area contributed by atoms with Crippen molar-refractivity contribution < 1.29 is 9.18 Å². The number of nitrogens with zero attached hydrogens (tertiary/aromatic N) is 2. The lowest BCUT2D eigenvalue weighted by Gasteiger charge is -2.10. The highest BCUT2D eigenvalue weighted by molar-refractivity contribution is 6.11. The fraction of sp³-hybridized carbons (Fsp3) is 0.120. The lowest BCUT2D eigenvalue weighted by molar-refractivity contribution is 0.102. The standard InChI is InChI=1S/C25H20FN3O2/c1-3-29-22-7-5-4-6-17(22)18-13-16(9-11-23(18)29)27-25(31)20-14-28(2)21-10-8-15(26)12-19(21)24(20)30/h4-14H,3H2,1-2H3,(H,27,31). The zero-order chi connectivity index (χ0) is 21.7. The summed E-state index contributed by atoms with van der Waals surface area (Å²) in [6.07, 6.45) is 1.49. The molecule has 0 saturated heterocycles. The summed E-state index contributed by atoms with van der Waals surface area (Å²) >= 11 is 0. The Bertz CT molecular complexity index is 1560. The second-order valence-corrected chi connectivity index (χ2v) is 7.59. The minimum absolute atomic E-state index is 0.0308. The minimum atomic E-state index is -0.523. The maximum absolute atomic E-state index is 13.7. The Labute approximate surface area is 177 Å². The molecule has 1 N–H and O–H groups in total. The summed E-state index contributed by atoms with van der Waals surface area (Å²) in [7, 11) is 1.72. The molecule has 0 fully saturated rings. The van der Waals surface area contributed by atoms with Gasteiger partial charge in [0.25, 0.3) is 5.91 Å². The van der Waals surface area contributed by atoms with E-state index in [2.05, 4.69) is 28.9 Å². The molecule has 0 bridgehead atoms. The van der Waals surface area contributed by atoms with Crippen LogP contribution < -0.4 is 10.7 Å². The van der Waals surface area contributed by atoms with Crippen LogP contribution in [0, 0.1) is 5.82 Å². The quantitative estimate of drug-likeness (QED) is 0.450. The molecule has 6 heteroatoms. The zero-order valence-electron chi connectivity index (χ0n) is 17.1. The van der Waals surface area contributed by atoms with Crippen molar-refractivity contribution in [1.82, 2.24) is 9.13 Å². The second-order valence-electron chi connectivity index (χ2n) is 7.59. The van der Waals surface area contributed by atoms with Gasteiger partial charge in [0.05, 0.1) is 5.52 Å². The zero-order valence-corrected chi connectivity index (χ0v) is 17.1. The van der Waals surface area contributed by atoms with Gasteiger partial charge in [0, 0.05) is 52.7 Å². The van der Waals surface area contributed by atoms with Crippen molar-refractivity contribution in [2.45, 2.75) is 13.5 Å². The van der Waals surface area contributed by atoms with E-state index >= 15 is 0 Å². The number of aromatic nitrogens is 2. The van der Waals surface area contributed by atoms with Crippen LogP contribution in [-0.4, -0.2) is 15.0 Å².